The highest BCUT2D eigenvalue weighted by atomic mass is 16.5. The lowest BCUT2D eigenvalue weighted by Crippen LogP contribution is -2.34. The smallest absolute Gasteiger partial charge is 0.314 e. The van der Waals surface area contributed by atoms with Crippen LogP contribution in [0.15, 0.2) is 12.7 Å². The average Bonchev–Trinajstić information content (AvgIpc) is 1.93. The van der Waals surface area contributed by atoms with E-state index in [-0.39, 0.29) is 12.2 Å². The molecule has 1 aromatic rings. The first-order chi connectivity index (χ1) is 5.20. The highest BCUT2D eigenvalue weighted by molar-refractivity contribution is 5.68. The SMILES string of the molecule is O=C(O)Cc1ncnc[n+]1[O-]. The molecule has 0 bridgehead atoms. The minimum absolute atomic E-state index is 0.0625. The third kappa shape index (κ3) is 1.85. The molecule has 1 rings (SSSR count). The van der Waals surface area contributed by atoms with E-state index in [1.165, 1.54) is 0 Å². The summed E-state index contributed by atoms with van der Waals surface area (Å²) in [5.41, 5.74) is 0. The van der Waals surface area contributed by atoms with Crippen LogP contribution in [0.4, 0.5) is 0 Å². The first-order valence-corrected chi connectivity index (χ1v) is 2.80. The van der Waals surface area contributed by atoms with Gasteiger partial charge in [-0.25, -0.2) is 0 Å². The molecule has 0 aromatic carbocycles. The quantitative estimate of drug-likeness (QED) is 0.425. The number of carbonyl (C=O) groups is 1. The Balaban J connectivity index is 2.86. The van der Waals surface area contributed by atoms with E-state index in [9.17, 15) is 10.0 Å². The maximum absolute atomic E-state index is 10.7. The van der Waals surface area contributed by atoms with E-state index in [4.69, 9.17) is 5.11 Å². The van der Waals surface area contributed by atoms with Gasteiger partial charge in [-0.1, -0.05) is 9.97 Å². The van der Waals surface area contributed by atoms with Crippen LogP contribution in [0, 0.1) is 5.21 Å². The lowest BCUT2D eigenvalue weighted by atomic mass is 10.4. The van der Waals surface area contributed by atoms with Gasteiger partial charge in [0.15, 0.2) is 0 Å². The van der Waals surface area contributed by atoms with E-state index >= 15 is 0 Å². The molecule has 1 heterocycles. The summed E-state index contributed by atoms with van der Waals surface area (Å²) in [6, 6.07) is 0. The van der Waals surface area contributed by atoms with Crippen LogP contribution in [-0.4, -0.2) is 21.0 Å². The highest BCUT2D eigenvalue weighted by Crippen LogP contribution is 1.83. The lowest BCUT2D eigenvalue weighted by molar-refractivity contribution is -0.620. The van der Waals surface area contributed by atoms with Crippen molar-refractivity contribution in [1.29, 1.82) is 0 Å². The fourth-order valence-electron chi connectivity index (χ4n) is 0.573. The van der Waals surface area contributed by atoms with Crippen LogP contribution in [-0.2, 0) is 11.2 Å². The molecule has 0 unspecified atom stereocenters. The van der Waals surface area contributed by atoms with E-state index in [0.717, 1.165) is 12.7 Å². The van der Waals surface area contributed by atoms with Crippen LogP contribution in [0.25, 0.3) is 0 Å². The van der Waals surface area contributed by atoms with Crippen molar-refractivity contribution in [2.24, 2.45) is 0 Å². The Labute approximate surface area is 61.7 Å². The molecule has 6 nitrogen and oxygen atoms in total. The molecule has 0 saturated carbocycles. The number of carboxylic acid groups (broad SMARTS) is 1. The van der Waals surface area contributed by atoms with Crippen molar-refractivity contribution in [3.8, 4) is 0 Å². The number of aliphatic carboxylic acids is 1. The maximum Gasteiger partial charge on any atom is 0.314 e. The molecule has 6 heteroatoms. The molecule has 0 aliphatic heterocycles. The normalized spacial score (nSPS) is 9.45. The van der Waals surface area contributed by atoms with Gasteiger partial charge in [-0.2, -0.15) is 0 Å². The summed E-state index contributed by atoms with van der Waals surface area (Å²) in [7, 11) is 0. The zero-order valence-electron chi connectivity index (χ0n) is 5.47. The van der Waals surface area contributed by atoms with Crippen molar-refractivity contribution in [2.45, 2.75) is 6.42 Å². The van der Waals surface area contributed by atoms with E-state index in [0.29, 0.717) is 4.73 Å². The molecule has 0 aliphatic carbocycles. The number of nitrogens with zero attached hydrogens (tertiary/aromatic N) is 3. The van der Waals surface area contributed by atoms with E-state index in [1.54, 1.807) is 0 Å². The Kier molecular flexibility index (Phi) is 1.95. The molecule has 11 heavy (non-hydrogen) atoms. The minimum atomic E-state index is -1.09. The van der Waals surface area contributed by atoms with Gasteiger partial charge in [0.2, 0.25) is 6.33 Å². The summed E-state index contributed by atoms with van der Waals surface area (Å²) in [5, 5.41) is 19.0. The summed E-state index contributed by atoms with van der Waals surface area (Å²) < 4.78 is 0.327. The molecule has 0 saturated heterocycles. The van der Waals surface area contributed by atoms with E-state index < -0.39 is 5.97 Å². The Morgan fingerprint density at radius 1 is 1.82 bits per heavy atom. The molecule has 0 aliphatic rings. The predicted molar refractivity (Wildman–Crippen MR) is 32.3 cm³/mol. The van der Waals surface area contributed by atoms with Crippen molar-refractivity contribution in [2.75, 3.05) is 0 Å². The molecule has 0 radical (unpaired) electrons. The van der Waals surface area contributed by atoms with Crippen LogP contribution >= 0.6 is 0 Å². The Bertz CT molecular complexity index is 275. The van der Waals surface area contributed by atoms with Crippen LogP contribution < -0.4 is 4.73 Å². The van der Waals surface area contributed by atoms with Crippen molar-refractivity contribution in [3.05, 3.63) is 23.7 Å². The number of carboxylic acids is 1. The third-order valence-corrected chi connectivity index (χ3v) is 1.01. The Morgan fingerprint density at radius 2 is 2.55 bits per heavy atom. The molecule has 1 aromatic heterocycles. The van der Waals surface area contributed by atoms with Gasteiger partial charge in [0, 0.05) is 0 Å². The average molecular weight is 155 g/mol. The number of hydrogen-bond acceptors (Lipinski definition) is 4. The maximum atomic E-state index is 10.7. The fourth-order valence-corrected chi connectivity index (χ4v) is 0.573. The second-order valence-electron chi connectivity index (χ2n) is 1.82. The van der Waals surface area contributed by atoms with Gasteiger partial charge in [0.1, 0.15) is 6.42 Å². The Morgan fingerprint density at radius 3 is 3.09 bits per heavy atom. The van der Waals surface area contributed by atoms with E-state index in [1.807, 2.05) is 0 Å². The van der Waals surface area contributed by atoms with Crippen LogP contribution in [0.5, 0.6) is 0 Å². The zero-order chi connectivity index (χ0) is 8.27. The van der Waals surface area contributed by atoms with Crippen LogP contribution in [0.3, 0.4) is 0 Å². The lowest BCUT2D eigenvalue weighted by Gasteiger charge is -2.02. The van der Waals surface area contributed by atoms with Gasteiger partial charge >= 0.3 is 5.97 Å². The first-order valence-electron chi connectivity index (χ1n) is 2.80. The second-order valence-corrected chi connectivity index (χ2v) is 1.82. The predicted octanol–water partition coefficient (Wildman–Crippen LogP) is -1.26. The van der Waals surface area contributed by atoms with Gasteiger partial charge in [0.25, 0.3) is 12.2 Å². The summed E-state index contributed by atoms with van der Waals surface area (Å²) in [6.45, 7) is 0. The molecule has 0 fully saturated rings. The number of hydrogen-bond donors (Lipinski definition) is 1. The van der Waals surface area contributed by atoms with Crippen molar-refractivity contribution in [3.63, 3.8) is 0 Å². The molecule has 0 amide bonds. The Hall–Kier alpha value is -1.72. The monoisotopic (exact) mass is 155 g/mol. The van der Waals surface area contributed by atoms with Gasteiger partial charge in [-0.05, 0) is 0 Å². The number of rotatable bonds is 2. The van der Waals surface area contributed by atoms with Crippen LogP contribution in [0.1, 0.15) is 5.82 Å². The molecular formula is C5H5N3O3. The molecule has 0 spiro atoms. The zero-order valence-corrected chi connectivity index (χ0v) is 5.47. The van der Waals surface area contributed by atoms with Gasteiger partial charge < -0.3 is 10.3 Å². The topological polar surface area (TPSA) is 90.0 Å². The summed E-state index contributed by atoms with van der Waals surface area (Å²) >= 11 is 0. The van der Waals surface area contributed by atoms with Crippen molar-refractivity contribution in [1.82, 2.24) is 9.97 Å². The van der Waals surface area contributed by atoms with Crippen molar-refractivity contribution >= 4 is 5.97 Å². The largest absolute Gasteiger partial charge is 0.740 e. The van der Waals surface area contributed by atoms with Crippen LogP contribution in [0.2, 0.25) is 0 Å². The van der Waals surface area contributed by atoms with Gasteiger partial charge in [0.05, 0.1) is 0 Å². The summed E-state index contributed by atoms with van der Waals surface area (Å²) in [6.07, 6.45) is 1.71. The molecule has 1 N–H and O–H groups in total. The van der Waals surface area contributed by atoms with Gasteiger partial charge in [-0.15, -0.1) is 0 Å². The minimum Gasteiger partial charge on any atom is -0.740 e. The first kappa shape index (κ1) is 7.39. The summed E-state index contributed by atoms with van der Waals surface area (Å²) in [4.78, 5) is 17.0. The van der Waals surface area contributed by atoms with E-state index in [2.05, 4.69) is 9.97 Å². The molecule has 0 atom stereocenters. The van der Waals surface area contributed by atoms with Gasteiger partial charge in [-0.3, -0.25) is 9.52 Å². The molecular weight excluding hydrogens is 150 g/mol. The summed E-state index contributed by atoms with van der Waals surface area (Å²) in [5.74, 6) is -1.15. The number of aromatic nitrogens is 3. The second kappa shape index (κ2) is 2.91. The fraction of sp³-hybridized carbons (Fsp3) is 0.200. The molecule has 58 valence electrons. The van der Waals surface area contributed by atoms with Crippen molar-refractivity contribution < 1.29 is 14.6 Å². The third-order valence-electron chi connectivity index (χ3n) is 1.01. The highest BCUT2D eigenvalue weighted by Gasteiger charge is 2.08. The standard InChI is InChI=1S/C5H5N3O3/c9-5(10)1-4-7-2-6-3-8(4)11/h2-3H,1H2,(H,9,10).